The van der Waals surface area contributed by atoms with Gasteiger partial charge in [0, 0.05) is 17.8 Å². The van der Waals surface area contributed by atoms with E-state index in [0.29, 0.717) is 15.7 Å². The van der Waals surface area contributed by atoms with Crippen LogP contribution in [0.25, 0.3) is 0 Å². The van der Waals surface area contributed by atoms with Crippen LogP contribution in [0.1, 0.15) is 18.7 Å². The summed E-state index contributed by atoms with van der Waals surface area (Å²) in [5.41, 5.74) is -0.749. The molecule has 2 aliphatic heterocycles. The zero-order chi connectivity index (χ0) is 22.6. The van der Waals surface area contributed by atoms with Crippen LogP contribution in [0.15, 0.2) is 40.1 Å². The topological polar surface area (TPSA) is 149 Å². The summed E-state index contributed by atoms with van der Waals surface area (Å²) < 4.78 is 57.0. The molecule has 30 heavy (non-hydrogen) atoms. The summed E-state index contributed by atoms with van der Waals surface area (Å²) in [6.45, 7) is 0.291. The van der Waals surface area contributed by atoms with Crippen molar-refractivity contribution in [2.45, 2.75) is 37.8 Å². The molecule has 1 saturated heterocycles. The molecule has 1 fully saturated rings. The van der Waals surface area contributed by atoms with Gasteiger partial charge in [-0.2, -0.15) is 0 Å². The first kappa shape index (κ1) is 19.6. The Morgan fingerprint density at radius 2 is 2.20 bits per heavy atom. The van der Waals surface area contributed by atoms with E-state index in [1.165, 1.54) is 0 Å². The zero-order valence-corrected chi connectivity index (χ0v) is 16.4. The van der Waals surface area contributed by atoms with Crippen LogP contribution in [-0.4, -0.2) is 44.4 Å². The van der Waals surface area contributed by atoms with Crippen molar-refractivity contribution < 1.29 is 38.8 Å². The Hall–Kier alpha value is -2.34. The Bertz CT molecular complexity index is 1190. The van der Waals surface area contributed by atoms with E-state index in [9.17, 15) is 24.4 Å². The molecular formula is C17H18FN2O9P. The van der Waals surface area contributed by atoms with Crippen LogP contribution in [0.4, 0.5) is 4.39 Å². The van der Waals surface area contributed by atoms with Gasteiger partial charge in [0.15, 0.2) is 6.20 Å². The molecule has 5 atom stereocenters. The first-order valence-electron chi connectivity index (χ1n) is 9.22. The molecular weight excluding hydrogens is 426 g/mol. The molecule has 4 rings (SSSR count). The van der Waals surface area contributed by atoms with Gasteiger partial charge in [-0.05, 0) is 12.5 Å². The van der Waals surface area contributed by atoms with Crippen molar-refractivity contribution >= 4 is 7.82 Å². The van der Waals surface area contributed by atoms with E-state index < -0.39 is 49.9 Å². The summed E-state index contributed by atoms with van der Waals surface area (Å²) in [5, 5.41) is 20.4. The summed E-state index contributed by atoms with van der Waals surface area (Å²) in [6.07, 6.45) is -6.72. The number of aryl methyl sites for hydroxylation is 1. The average Bonchev–Trinajstić information content (AvgIpc) is 2.88. The Morgan fingerprint density at radius 3 is 2.93 bits per heavy atom. The molecule has 0 bridgehead atoms. The first-order chi connectivity index (χ1) is 14.5. The molecule has 1 aromatic heterocycles. The monoisotopic (exact) mass is 445 g/mol. The number of ether oxygens (including phenoxy) is 1. The minimum atomic E-state index is -4.33. The molecule has 0 aliphatic carbocycles. The van der Waals surface area contributed by atoms with E-state index in [1.54, 1.807) is 25.1 Å². The molecule has 162 valence electrons. The van der Waals surface area contributed by atoms with Crippen LogP contribution in [0, 0.1) is 6.92 Å². The molecule has 0 radical (unpaired) electrons. The van der Waals surface area contributed by atoms with Gasteiger partial charge in [0.1, 0.15) is 24.6 Å². The number of benzene rings is 1. The maximum atomic E-state index is 15.4. The van der Waals surface area contributed by atoms with E-state index in [-0.39, 0.29) is 12.4 Å². The summed E-state index contributed by atoms with van der Waals surface area (Å²) in [7, 11) is -4.33. The van der Waals surface area contributed by atoms with Crippen molar-refractivity contribution in [2.75, 3.05) is 6.61 Å². The normalized spacial score (nSPS) is 36.1. The number of hydrogen-bond acceptors (Lipinski definition) is 9. The third-order valence-electron chi connectivity index (χ3n) is 4.62. The number of nitrogens with one attached hydrogen (secondary N) is 1. The summed E-state index contributed by atoms with van der Waals surface area (Å²) in [5.74, 6) is -3.03. The number of aliphatic hydroxyl groups is 2. The fraction of sp³-hybridized carbons (Fsp3) is 0.412. The lowest BCUT2D eigenvalue weighted by atomic mass is 10.1. The maximum Gasteiger partial charge on any atom is 0.530 e. The minimum absolute atomic E-state index is 0.144. The lowest BCUT2D eigenvalue weighted by molar-refractivity contribution is -0.205. The van der Waals surface area contributed by atoms with Gasteiger partial charge >= 0.3 is 13.5 Å². The van der Waals surface area contributed by atoms with Crippen molar-refractivity contribution in [3.05, 3.63) is 62.4 Å². The molecule has 0 saturated carbocycles. The van der Waals surface area contributed by atoms with Gasteiger partial charge in [0.05, 0.1) is 7.98 Å². The molecule has 3 heterocycles. The number of halogens is 1. The molecule has 3 N–H and O–H groups in total. The lowest BCUT2D eigenvalue weighted by Gasteiger charge is -2.29. The number of rotatable bonds is 4. The van der Waals surface area contributed by atoms with Crippen LogP contribution < -0.4 is 15.8 Å². The fourth-order valence-corrected chi connectivity index (χ4v) is 4.33. The standard InChI is InChI=1S/C17H18FN2O9P/c1-9-3-2-4-10-7-26-30(25,29-13(9)10)27-8-17(18)14(23)12(22)15(28-17)20-6-5-11(21)19-16(20)24/h2-6,12,14-15,22-23H,7-8H2,1H3,(H,19,21,24)/t12-,14+,15-,17-,30?/m1/s1/i15D. The van der Waals surface area contributed by atoms with Gasteiger partial charge in [-0.15, -0.1) is 0 Å². The van der Waals surface area contributed by atoms with Gasteiger partial charge in [0.25, 0.3) is 11.4 Å². The van der Waals surface area contributed by atoms with Crippen molar-refractivity contribution in [3.63, 3.8) is 0 Å². The number of phosphoric ester groups is 1. The Labute approximate surface area is 169 Å². The van der Waals surface area contributed by atoms with Crippen LogP contribution >= 0.6 is 7.82 Å². The van der Waals surface area contributed by atoms with Crippen molar-refractivity contribution in [1.82, 2.24) is 9.55 Å². The molecule has 2 aromatic rings. The van der Waals surface area contributed by atoms with E-state index >= 15 is 4.39 Å². The molecule has 1 aromatic carbocycles. The highest BCUT2D eigenvalue weighted by Crippen LogP contribution is 2.56. The number of H-pyrrole nitrogens is 1. The number of fused-ring (bicyclic) bond motifs is 1. The third kappa shape index (κ3) is 3.62. The highest BCUT2D eigenvalue weighted by molar-refractivity contribution is 7.49. The van der Waals surface area contributed by atoms with Crippen molar-refractivity contribution in [3.8, 4) is 5.75 Å². The summed E-state index contributed by atoms with van der Waals surface area (Å²) >= 11 is 0. The third-order valence-corrected chi connectivity index (χ3v) is 5.92. The van der Waals surface area contributed by atoms with E-state index in [0.717, 1.165) is 12.3 Å². The Morgan fingerprint density at radius 1 is 1.43 bits per heavy atom. The maximum absolute atomic E-state index is 15.4. The Kier molecular flexibility index (Phi) is 4.85. The zero-order valence-electron chi connectivity index (χ0n) is 16.5. The van der Waals surface area contributed by atoms with Gasteiger partial charge in [0.2, 0.25) is 0 Å². The Balaban J connectivity index is 1.56. The van der Waals surface area contributed by atoms with Gasteiger partial charge in [-0.3, -0.25) is 23.4 Å². The number of para-hydroxylation sites is 1. The van der Waals surface area contributed by atoms with Crippen molar-refractivity contribution in [1.29, 1.82) is 0 Å². The van der Waals surface area contributed by atoms with Crippen LogP contribution in [0.5, 0.6) is 5.75 Å². The molecule has 11 nitrogen and oxygen atoms in total. The van der Waals surface area contributed by atoms with Crippen molar-refractivity contribution in [2.24, 2.45) is 0 Å². The summed E-state index contributed by atoms with van der Waals surface area (Å²) in [6, 6.07) is 5.96. The number of nitrogens with zero attached hydrogens (tertiary/aromatic N) is 1. The SMILES string of the molecule is [2H][C@@]1(n2ccc(=O)[nH]c2=O)O[C@](F)(COP2(=O)OCc3cccc(C)c3O2)[C@@H](O)[C@H]1O. The largest absolute Gasteiger partial charge is 0.530 e. The smallest absolute Gasteiger partial charge is 0.403 e. The fourth-order valence-electron chi connectivity index (χ4n) is 3.04. The molecule has 0 spiro atoms. The number of hydrogen-bond donors (Lipinski definition) is 3. The minimum Gasteiger partial charge on any atom is -0.403 e. The second-order valence-corrected chi connectivity index (χ2v) is 8.34. The molecule has 0 amide bonds. The molecule has 1 unspecified atom stereocenters. The predicted molar refractivity (Wildman–Crippen MR) is 97.5 cm³/mol. The first-order valence-corrected chi connectivity index (χ1v) is 10.2. The number of aromatic amines is 1. The highest BCUT2D eigenvalue weighted by atomic mass is 31.2. The number of aromatic nitrogens is 2. The number of aliphatic hydroxyl groups excluding tert-OH is 2. The van der Waals surface area contributed by atoms with Crippen LogP contribution in [0.2, 0.25) is 0 Å². The second kappa shape index (κ2) is 7.41. The molecule has 2 aliphatic rings. The molecule has 13 heteroatoms. The van der Waals surface area contributed by atoms with E-state index in [1.807, 2.05) is 4.98 Å². The second-order valence-electron chi connectivity index (χ2n) is 6.74. The number of alkyl halides is 1. The van der Waals surface area contributed by atoms with Gasteiger partial charge < -0.3 is 19.5 Å². The number of phosphoric acid groups is 1. The van der Waals surface area contributed by atoms with Crippen LogP contribution in [0.3, 0.4) is 0 Å². The van der Waals surface area contributed by atoms with Gasteiger partial charge in [-0.1, -0.05) is 18.2 Å². The van der Waals surface area contributed by atoms with E-state index in [2.05, 4.69) is 0 Å². The lowest BCUT2D eigenvalue weighted by Crippen LogP contribution is -2.43. The van der Waals surface area contributed by atoms with Gasteiger partial charge in [-0.25, -0.2) is 13.8 Å². The predicted octanol–water partition coefficient (Wildman–Crippen LogP) is 0.495. The quantitative estimate of drug-likeness (QED) is 0.572. The van der Waals surface area contributed by atoms with E-state index in [4.69, 9.17) is 19.7 Å². The average molecular weight is 445 g/mol. The summed E-state index contributed by atoms with van der Waals surface area (Å²) in [4.78, 5) is 25.0. The van der Waals surface area contributed by atoms with Crippen LogP contribution in [-0.2, 0) is 25.0 Å². The highest BCUT2D eigenvalue weighted by Gasteiger charge is 2.57.